The number of allylic oxidation sites excluding steroid dienone is 1. The minimum atomic E-state index is -0.0538. The molecule has 0 amide bonds. The first kappa shape index (κ1) is 27.5. The smallest absolute Gasteiger partial charge is 0.306 e. The summed E-state index contributed by atoms with van der Waals surface area (Å²) in [5.74, 6) is 3.18. The third-order valence-electron chi connectivity index (χ3n) is 11.0. The highest BCUT2D eigenvalue weighted by Crippen LogP contribution is 2.65. The van der Waals surface area contributed by atoms with Gasteiger partial charge in [-0.3, -0.25) is 9.59 Å². The molecule has 0 unspecified atom stereocenters. The second kappa shape index (κ2) is 11.6. The highest BCUT2D eigenvalue weighted by atomic mass is 16.5. The highest BCUT2D eigenvalue weighted by molar-refractivity contribution is 5.91. The summed E-state index contributed by atoms with van der Waals surface area (Å²) < 4.78 is 12.1. The zero-order valence-corrected chi connectivity index (χ0v) is 23.9. The van der Waals surface area contributed by atoms with Crippen molar-refractivity contribution in [2.45, 2.75) is 117 Å². The van der Waals surface area contributed by atoms with Gasteiger partial charge in [0.15, 0.2) is 5.78 Å². The van der Waals surface area contributed by atoms with Crippen LogP contribution in [0.2, 0.25) is 0 Å². The van der Waals surface area contributed by atoms with Gasteiger partial charge in [-0.15, -0.1) is 0 Å². The Kier molecular flexibility index (Phi) is 8.36. The van der Waals surface area contributed by atoms with E-state index in [1.807, 2.05) is 18.2 Å². The number of unbranched alkanes of at least 4 members (excludes halogenated alkanes) is 3. The molecule has 0 N–H and O–H groups in total. The van der Waals surface area contributed by atoms with Crippen molar-refractivity contribution in [2.24, 2.45) is 28.6 Å². The van der Waals surface area contributed by atoms with E-state index < -0.39 is 0 Å². The number of ether oxygens (including phenoxy) is 2. The molecule has 0 spiro atoms. The first-order valence-corrected chi connectivity index (χ1v) is 15.5. The van der Waals surface area contributed by atoms with Crippen LogP contribution in [0.5, 0.6) is 5.75 Å². The lowest BCUT2D eigenvalue weighted by molar-refractivity contribution is -0.159. The molecule has 4 aliphatic carbocycles. The summed E-state index contributed by atoms with van der Waals surface area (Å²) in [6.45, 7) is 7.82. The number of hydrogen-bond donors (Lipinski definition) is 0. The molecule has 208 valence electrons. The Morgan fingerprint density at radius 3 is 2.55 bits per heavy atom. The molecule has 0 aromatic heterocycles. The number of ketones is 1. The summed E-state index contributed by atoms with van der Waals surface area (Å²) in [5, 5.41) is 0. The van der Waals surface area contributed by atoms with Crippen LogP contribution >= 0.6 is 0 Å². The average Bonchev–Trinajstić information content (AvgIpc) is 3.24. The van der Waals surface area contributed by atoms with Crippen LogP contribution in [-0.2, 0) is 20.7 Å². The van der Waals surface area contributed by atoms with Gasteiger partial charge in [0.25, 0.3) is 0 Å². The molecular formula is C34H48O4. The molecule has 4 heteroatoms. The fourth-order valence-electron chi connectivity index (χ4n) is 8.64. The molecule has 0 bridgehead atoms. The number of hydrogen-bond acceptors (Lipinski definition) is 4. The van der Waals surface area contributed by atoms with Gasteiger partial charge in [-0.2, -0.15) is 0 Å². The topological polar surface area (TPSA) is 52.6 Å². The normalized spacial score (nSPS) is 34.1. The minimum absolute atomic E-state index is 0.0436. The van der Waals surface area contributed by atoms with Crippen molar-refractivity contribution in [3.05, 3.63) is 41.5 Å². The zero-order chi connectivity index (χ0) is 26.8. The third-order valence-corrected chi connectivity index (χ3v) is 11.0. The van der Waals surface area contributed by atoms with Crippen LogP contribution in [0.1, 0.15) is 110 Å². The number of carbonyl (C=O) groups is 2. The molecule has 1 aromatic rings. The molecule has 4 aliphatic rings. The van der Waals surface area contributed by atoms with Crippen molar-refractivity contribution in [3.63, 3.8) is 0 Å². The van der Waals surface area contributed by atoms with Crippen molar-refractivity contribution in [2.75, 3.05) is 6.61 Å². The van der Waals surface area contributed by atoms with Crippen molar-refractivity contribution < 1.29 is 19.1 Å². The van der Waals surface area contributed by atoms with E-state index in [1.54, 1.807) is 0 Å². The quantitative estimate of drug-likeness (QED) is 0.231. The number of benzene rings is 1. The second-order valence-electron chi connectivity index (χ2n) is 13.1. The lowest BCUT2D eigenvalue weighted by Crippen LogP contribution is -2.51. The first-order chi connectivity index (χ1) is 18.3. The van der Waals surface area contributed by atoms with E-state index in [-0.39, 0.29) is 22.9 Å². The van der Waals surface area contributed by atoms with E-state index in [0.717, 1.165) is 50.0 Å². The molecule has 3 fully saturated rings. The van der Waals surface area contributed by atoms with E-state index in [4.69, 9.17) is 9.47 Å². The Hall–Kier alpha value is -2.10. The fraction of sp³-hybridized carbons (Fsp3) is 0.706. The maximum absolute atomic E-state index is 12.9. The Balaban J connectivity index is 1.12. The molecule has 5 rings (SSSR count). The lowest BCUT2D eigenvalue weighted by atomic mass is 9.47. The zero-order valence-electron chi connectivity index (χ0n) is 23.9. The van der Waals surface area contributed by atoms with Gasteiger partial charge < -0.3 is 9.47 Å². The minimum Gasteiger partial charge on any atom is -0.494 e. The summed E-state index contributed by atoms with van der Waals surface area (Å²) in [6.07, 6.45) is 16.5. The summed E-state index contributed by atoms with van der Waals surface area (Å²) >= 11 is 0. The van der Waals surface area contributed by atoms with Gasteiger partial charge in [-0.25, -0.2) is 0 Å². The third kappa shape index (κ3) is 5.47. The van der Waals surface area contributed by atoms with Crippen molar-refractivity contribution in [1.29, 1.82) is 0 Å². The van der Waals surface area contributed by atoms with Crippen molar-refractivity contribution >= 4 is 11.8 Å². The van der Waals surface area contributed by atoms with Crippen LogP contribution in [0, 0.1) is 28.6 Å². The van der Waals surface area contributed by atoms with Crippen LogP contribution in [0.4, 0.5) is 0 Å². The molecule has 0 saturated heterocycles. The van der Waals surface area contributed by atoms with Crippen molar-refractivity contribution in [1.82, 2.24) is 0 Å². The molecule has 38 heavy (non-hydrogen) atoms. The molecule has 0 heterocycles. The van der Waals surface area contributed by atoms with Gasteiger partial charge in [-0.1, -0.05) is 57.7 Å². The standard InChI is InChI=1S/C34H48O4/c1-4-5-6-7-22-37-27-12-8-24(9-13-27)10-17-32(36)38-31-16-15-29-28-14-11-25-23-26(35)18-20-33(25,2)30(28)19-21-34(29,31)3/h8-9,12-13,23,28-31H,4-7,10-11,14-22H2,1-3H3/t28-,29-,30-,31-,33-,34-/m0/s1. The summed E-state index contributed by atoms with van der Waals surface area (Å²) in [4.78, 5) is 25.0. The van der Waals surface area contributed by atoms with Crippen molar-refractivity contribution in [3.8, 4) is 5.75 Å². The largest absolute Gasteiger partial charge is 0.494 e. The van der Waals surface area contributed by atoms with E-state index in [0.29, 0.717) is 42.8 Å². The number of esters is 1. The number of fused-ring (bicyclic) bond motifs is 5. The van der Waals surface area contributed by atoms with Crippen LogP contribution in [0.3, 0.4) is 0 Å². The molecule has 6 atom stereocenters. The summed E-state index contributed by atoms with van der Waals surface area (Å²) in [6, 6.07) is 8.20. The molecule has 4 nitrogen and oxygen atoms in total. The van der Waals surface area contributed by atoms with Crippen LogP contribution in [0.25, 0.3) is 0 Å². The van der Waals surface area contributed by atoms with Gasteiger partial charge in [0.2, 0.25) is 0 Å². The van der Waals surface area contributed by atoms with Crippen LogP contribution < -0.4 is 4.74 Å². The molecule has 3 saturated carbocycles. The number of aryl methyl sites for hydroxylation is 1. The Labute approximate surface area is 229 Å². The van der Waals surface area contributed by atoms with Gasteiger partial charge in [0.1, 0.15) is 11.9 Å². The maximum atomic E-state index is 12.9. The fourth-order valence-corrected chi connectivity index (χ4v) is 8.64. The predicted molar refractivity (Wildman–Crippen MR) is 151 cm³/mol. The number of rotatable bonds is 10. The van der Waals surface area contributed by atoms with E-state index in [9.17, 15) is 9.59 Å². The SMILES string of the molecule is CCCCCCOc1ccc(CCC(=O)O[C@H]2CC[C@H]3[C@@H]4CCC5=CC(=O)CC[C@]5(C)[C@H]4CC[C@]23C)cc1. The van der Waals surface area contributed by atoms with Gasteiger partial charge >= 0.3 is 5.97 Å². The molecule has 0 radical (unpaired) electrons. The van der Waals surface area contributed by atoms with Crippen LogP contribution in [0.15, 0.2) is 35.9 Å². The van der Waals surface area contributed by atoms with Crippen LogP contribution in [-0.4, -0.2) is 24.5 Å². The lowest BCUT2D eigenvalue weighted by Gasteiger charge is -2.57. The Morgan fingerprint density at radius 2 is 1.76 bits per heavy atom. The second-order valence-corrected chi connectivity index (χ2v) is 13.1. The molecule has 1 aromatic carbocycles. The predicted octanol–water partition coefficient (Wildman–Crippen LogP) is 8.02. The van der Waals surface area contributed by atoms with Gasteiger partial charge in [0.05, 0.1) is 6.61 Å². The van der Waals surface area contributed by atoms with Gasteiger partial charge in [0, 0.05) is 18.3 Å². The van der Waals surface area contributed by atoms with E-state index in [2.05, 4.69) is 32.9 Å². The molecule has 0 aliphatic heterocycles. The first-order valence-electron chi connectivity index (χ1n) is 15.5. The Bertz CT molecular complexity index is 1030. The monoisotopic (exact) mass is 520 g/mol. The highest BCUT2D eigenvalue weighted by Gasteiger charge is 2.59. The van der Waals surface area contributed by atoms with E-state index in [1.165, 1.54) is 44.1 Å². The van der Waals surface area contributed by atoms with E-state index >= 15 is 0 Å². The summed E-state index contributed by atoms with van der Waals surface area (Å²) in [7, 11) is 0. The number of carbonyl (C=O) groups excluding carboxylic acids is 2. The molecular weight excluding hydrogens is 472 g/mol. The summed E-state index contributed by atoms with van der Waals surface area (Å²) in [5.41, 5.74) is 2.87. The average molecular weight is 521 g/mol. The van der Waals surface area contributed by atoms with Gasteiger partial charge in [-0.05, 0) is 105 Å². The maximum Gasteiger partial charge on any atom is 0.306 e. The Morgan fingerprint density at radius 1 is 0.947 bits per heavy atom.